The van der Waals surface area contributed by atoms with Gasteiger partial charge < -0.3 is 10.2 Å². The molecule has 0 unspecified atom stereocenters. The van der Waals surface area contributed by atoms with E-state index in [1.807, 2.05) is 6.92 Å². The van der Waals surface area contributed by atoms with Crippen molar-refractivity contribution in [1.82, 2.24) is 0 Å². The normalized spacial score (nSPS) is 10.4. The van der Waals surface area contributed by atoms with Crippen LogP contribution in [0.15, 0.2) is 30.4 Å². The lowest BCUT2D eigenvalue weighted by Crippen LogP contribution is -2.10. The smallest absolute Gasteiger partial charge is 0.335 e. The van der Waals surface area contributed by atoms with Crippen molar-refractivity contribution in [3.8, 4) is 5.75 Å². The minimum Gasteiger partial charge on any atom is -0.483 e. The molecule has 0 spiro atoms. The average molecular weight is 223 g/mol. The van der Waals surface area contributed by atoms with Crippen LogP contribution < -0.4 is 16.0 Å². The summed E-state index contributed by atoms with van der Waals surface area (Å²) < 4.78 is 5.26. The number of nitrogens with zero attached hydrogens (tertiary/aromatic N) is 1. The molecule has 0 saturated carbocycles. The molecule has 6 heteroatoms. The first-order valence-electron chi connectivity index (χ1n) is 4.68. The Morgan fingerprint density at radius 2 is 2.38 bits per heavy atom. The van der Waals surface area contributed by atoms with Crippen LogP contribution in [0.3, 0.4) is 0 Å². The minimum absolute atomic E-state index is 0.158. The molecule has 0 atom stereocenters. The molecular formula is C10H13N3O3. The number of nitrogens with two attached hydrogens (primary N) is 1. The summed E-state index contributed by atoms with van der Waals surface area (Å²) >= 11 is 0. The molecule has 0 heterocycles. The number of allylic oxidation sites excluding steroid dienone is 1. The van der Waals surface area contributed by atoms with Crippen LogP contribution in [0.2, 0.25) is 0 Å². The number of nitro benzene ring substituents is 1. The van der Waals surface area contributed by atoms with Crippen LogP contribution in [0.25, 0.3) is 0 Å². The quantitative estimate of drug-likeness (QED) is 0.344. The molecule has 16 heavy (non-hydrogen) atoms. The fourth-order valence-electron chi connectivity index (χ4n) is 1.18. The largest absolute Gasteiger partial charge is 0.483 e. The molecule has 0 radical (unpaired) electrons. The maximum absolute atomic E-state index is 10.8. The van der Waals surface area contributed by atoms with Gasteiger partial charge in [-0.05, 0) is 19.1 Å². The third-order valence-electron chi connectivity index (χ3n) is 1.91. The van der Waals surface area contributed by atoms with Crippen LogP contribution in [0.1, 0.15) is 6.92 Å². The summed E-state index contributed by atoms with van der Waals surface area (Å²) in [7, 11) is 0. The van der Waals surface area contributed by atoms with Gasteiger partial charge in [0.15, 0.2) is 5.75 Å². The van der Waals surface area contributed by atoms with Gasteiger partial charge in [0.25, 0.3) is 0 Å². The Kier molecular flexibility index (Phi) is 4.28. The molecule has 0 saturated heterocycles. The molecule has 0 aliphatic rings. The first-order chi connectivity index (χ1) is 7.70. The van der Waals surface area contributed by atoms with Crippen LogP contribution in [-0.2, 0) is 0 Å². The third-order valence-corrected chi connectivity index (χ3v) is 1.91. The fraction of sp³-hybridized carbons (Fsp3) is 0.200. The second kappa shape index (κ2) is 5.72. The Bertz CT molecular complexity index is 404. The number of hydrazine groups is 1. The minimum atomic E-state index is -0.528. The highest BCUT2D eigenvalue weighted by Gasteiger charge is 2.19. The SMILES string of the molecule is C/C=C/COc1cccc(NN)c1[N+](=O)[O-]. The zero-order chi connectivity index (χ0) is 12.0. The molecule has 0 aromatic heterocycles. The molecular weight excluding hydrogens is 210 g/mol. The fourth-order valence-corrected chi connectivity index (χ4v) is 1.18. The van der Waals surface area contributed by atoms with E-state index in [4.69, 9.17) is 10.6 Å². The molecule has 0 aliphatic heterocycles. The molecule has 0 amide bonds. The van der Waals surface area contributed by atoms with Crippen molar-refractivity contribution in [2.75, 3.05) is 12.0 Å². The summed E-state index contributed by atoms with van der Waals surface area (Å²) in [6, 6.07) is 4.68. The number of hydrogen-bond acceptors (Lipinski definition) is 5. The molecule has 1 rings (SSSR count). The maximum Gasteiger partial charge on any atom is 0.335 e. The van der Waals surface area contributed by atoms with E-state index >= 15 is 0 Å². The van der Waals surface area contributed by atoms with E-state index in [0.717, 1.165) is 0 Å². The average Bonchev–Trinajstić information content (AvgIpc) is 2.28. The van der Waals surface area contributed by atoms with E-state index in [2.05, 4.69) is 5.43 Å². The summed E-state index contributed by atoms with van der Waals surface area (Å²) in [6.45, 7) is 2.13. The Balaban J connectivity index is 3.02. The number of para-hydroxylation sites is 1. The van der Waals surface area contributed by atoms with Crippen molar-refractivity contribution < 1.29 is 9.66 Å². The number of nitro groups is 1. The van der Waals surface area contributed by atoms with Crippen LogP contribution in [-0.4, -0.2) is 11.5 Å². The number of rotatable bonds is 5. The molecule has 0 bridgehead atoms. The van der Waals surface area contributed by atoms with Crippen LogP contribution in [0.4, 0.5) is 11.4 Å². The van der Waals surface area contributed by atoms with Crippen molar-refractivity contribution >= 4 is 11.4 Å². The van der Waals surface area contributed by atoms with Gasteiger partial charge >= 0.3 is 5.69 Å². The highest BCUT2D eigenvalue weighted by molar-refractivity contribution is 5.67. The lowest BCUT2D eigenvalue weighted by atomic mass is 10.2. The molecule has 1 aromatic rings. The van der Waals surface area contributed by atoms with Gasteiger partial charge in [-0.15, -0.1) is 0 Å². The van der Waals surface area contributed by atoms with E-state index in [0.29, 0.717) is 0 Å². The van der Waals surface area contributed by atoms with Gasteiger partial charge in [0.2, 0.25) is 0 Å². The van der Waals surface area contributed by atoms with Gasteiger partial charge in [0.05, 0.1) is 4.92 Å². The number of ether oxygens (including phenoxy) is 1. The maximum atomic E-state index is 10.8. The van der Waals surface area contributed by atoms with Crippen LogP contribution in [0, 0.1) is 10.1 Å². The second-order valence-electron chi connectivity index (χ2n) is 2.93. The monoisotopic (exact) mass is 223 g/mol. The van der Waals surface area contributed by atoms with E-state index < -0.39 is 4.92 Å². The summed E-state index contributed by atoms with van der Waals surface area (Å²) in [5.74, 6) is 5.38. The number of anilines is 1. The van der Waals surface area contributed by atoms with Crippen LogP contribution in [0.5, 0.6) is 5.75 Å². The number of hydrogen-bond donors (Lipinski definition) is 2. The molecule has 1 aromatic carbocycles. The predicted octanol–water partition coefficient (Wildman–Crippen LogP) is 1.84. The van der Waals surface area contributed by atoms with Gasteiger partial charge in [0.1, 0.15) is 12.3 Å². The number of benzene rings is 1. The Morgan fingerprint density at radius 3 is 2.94 bits per heavy atom. The number of nitrogen functional groups attached to an aromatic ring is 1. The first-order valence-corrected chi connectivity index (χ1v) is 4.68. The summed E-state index contributed by atoms with van der Waals surface area (Å²) in [4.78, 5) is 10.3. The standard InChI is InChI=1S/C10H13N3O3/c1-2-3-7-16-9-6-4-5-8(12-11)10(9)13(14)15/h2-6,12H,7,11H2,1H3/b3-2+. The Hall–Kier alpha value is -2.08. The molecule has 0 aliphatic carbocycles. The van der Waals surface area contributed by atoms with Crippen molar-refractivity contribution in [2.45, 2.75) is 6.92 Å². The van der Waals surface area contributed by atoms with Gasteiger partial charge in [0, 0.05) is 0 Å². The van der Waals surface area contributed by atoms with Crippen molar-refractivity contribution in [1.29, 1.82) is 0 Å². The van der Waals surface area contributed by atoms with Crippen molar-refractivity contribution in [3.05, 3.63) is 40.5 Å². The van der Waals surface area contributed by atoms with Gasteiger partial charge in [-0.1, -0.05) is 18.2 Å². The van der Waals surface area contributed by atoms with E-state index in [-0.39, 0.29) is 23.7 Å². The second-order valence-corrected chi connectivity index (χ2v) is 2.93. The summed E-state index contributed by atoms with van der Waals surface area (Å²) in [5, 5.41) is 10.8. The highest BCUT2D eigenvalue weighted by Crippen LogP contribution is 2.33. The summed E-state index contributed by atoms with van der Waals surface area (Å²) in [5.41, 5.74) is 2.34. The van der Waals surface area contributed by atoms with Crippen molar-refractivity contribution in [3.63, 3.8) is 0 Å². The summed E-state index contributed by atoms with van der Waals surface area (Å²) in [6.07, 6.45) is 3.56. The predicted molar refractivity (Wildman–Crippen MR) is 61.2 cm³/mol. The molecule has 6 nitrogen and oxygen atoms in total. The highest BCUT2D eigenvalue weighted by atomic mass is 16.6. The zero-order valence-electron chi connectivity index (χ0n) is 8.84. The molecule has 0 fully saturated rings. The zero-order valence-corrected chi connectivity index (χ0v) is 8.84. The lowest BCUT2D eigenvalue weighted by molar-refractivity contribution is -0.384. The van der Waals surface area contributed by atoms with E-state index in [1.165, 1.54) is 12.1 Å². The topological polar surface area (TPSA) is 90.4 Å². The lowest BCUT2D eigenvalue weighted by Gasteiger charge is -2.07. The van der Waals surface area contributed by atoms with Gasteiger partial charge in [-0.2, -0.15) is 0 Å². The Morgan fingerprint density at radius 1 is 1.62 bits per heavy atom. The van der Waals surface area contributed by atoms with E-state index in [9.17, 15) is 10.1 Å². The van der Waals surface area contributed by atoms with Crippen LogP contribution >= 0.6 is 0 Å². The first kappa shape index (κ1) is 12.0. The molecule has 86 valence electrons. The van der Waals surface area contributed by atoms with Gasteiger partial charge in [-0.3, -0.25) is 16.0 Å². The number of nitrogens with one attached hydrogen (secondary N) is 1. The van der Waals surface area contributed by atoms with Crippen molar-refractivity contribution in [2.24, 2.45) is 5.84 Å². The third kappa shape index (κ3) is 2.71. The molecule has 3 N–H and O–H groups in total. The van der Waals surface area contributed by atoms with Gasteiger partial charge in [-0.25, -0.2) is 0 Å². The van der Waals surface area contributed by atoms with E-state index in [1.54, 1.807) is 18.2 Å². The Labute approximate surface area is 92.8 Å².